The lowest BCUT2D eigenvalue weighted by Gasteiger charge is -2.32. The summed E-state index contributed by atoms with van der Waals surface area (Å²) in [6.45, 7) is 0. The molecule has 0 aliphatic carbocycles. The highest BCUT2D eigenvalue weighted by Crippen LogP contribution is 2.42. The quantitative estimate of drug-likeness (QED) is 0.794. The van der Waals surface area contributed by atoms with Gasteiger partial charge in [-0.2, -0.15) is 23.3 Å². The zero-order valence-electron chi connectivity index (χ0n) is 13.0. The minimum atomic E-state index is -5.16. The normalized spacial score (nSPS) is 20.2. The van der Waals surface area contributed by atoms with Crippen LogP contribution in [0, 0.1) is 5.82 Å². The van der Waals surface area contributed by atoms with Crippen molar-refractivity contribution in [2.24, 2.45) is 5.10 Å². The number of nitrogens with zero attached hydrogens (tertiary/aromatic N) is 2. The van der Waals surface area contributed by atoms with Crippen molar-refractivity contribution in [2.75, 3.05) is 0 Å². The SMILES string of the molecule is O=C(c1cccc(Cl)c1)N1N=C(c2ccc(F)cc2)C[C@@]1(O)C(F)(F)F. The molecule has 1 atom stereocenters. The maximum atomic E-state index is 13.5. The van der Waals surface area contributed by atoms with Crippen molar-refractivity contribution in [2.45, 2.75) is 18.3 Å². The Bertz CT molecular complexity index is 883. The molecule has 4 nitrogen and oxygen atoms in total. The summed E-state index contributed by atoms with van der Waals surface area (Å²) in [5.41, 5.74) is -3.71. The van der Waals surface area contributed by atoms with Crippen LogP contribution >= 0.6 is 11.6 Å². The Kier molecular flexibility index (Phi) is 4.49. The van der Waals surface area contributed by atoms with E-state index in [1.165, 1.54) is 36.4 Å². The maximum absolute atomic E-state index is 13.5. The van der Waals surface area contributed by atoms with E-state index in [0.29, 0.717) is 0 Å². The molecule has 1 aliphatic rings. The van der Waals surface area contributed by atoms with Crippen molar-refractivity contribution in [1.29, 1.82) is 0 Å². The molecule has 1 N–H and O–H groups in total. The lowest BCUT2D eigenvalue weighted by molar-refractivity contribution is -0.297. The number of hydrazone groups is 1. The van der Waals surface area contributed by atoms with Crippen LogP contribution in [0.3, 0.4) is 0 Å². The van der Waals surface area contributed by atoms with Crippen LogP contribution in [0.15, 0.2) is 53.6 Å². The molecule has 0 fully saturated rings. The molecule has 2 aromatic carbocycles. The molecule has 2 aromatic rings. The standard InChI is InChI=1S/C17H11ClF4N2O2/c18-12-3-1-2-11(8-12)15(25)24-16(26,17(20,21)22)9-14(23-24)10-4-6-13(19)7-5-10/h1-8,26H,9H2/t16-/m1/s1. The average molecular weight is 387 g/mol. The van der Waals surface area contributed by atoms with Crippen molar-refractivity contribution in [3.8, 4) is 0 Å². The van der Waals surface area contributed by atoms with E-state index in [9.17, 15) is 27.5 Å². The van der Waals surface area contributed by atoms with E-state index in [4.69, 9.17) is 11.6 Å². The molecule has 0 aromatic heterocycles. The minimum absolute atomic E-state index is 0.00263. The molecule has 9 heteroatoms. The Morgan fingerprint density at radius 2 is 1.85 bits per heavy atom. The lowest BCUT2D eigenvalue weighted by atomic mass is 10.0. The van der Waals surface area contributed by atoms with Crippen LogP contribution in [0.4, 0.5) is 17.6 Å². The van der Waals surface area contributed by atoms with Crippen molar-refractivity contribution < 1.29 is 27.5 Å². The fraction of sp³-hybridized carbons (Fsp3) is 0.176. The molecule has 1 amide bonds. The summed E-state index contributed by atoms with van der Waals surface area (Å²) in [6.07, 6.45) is -6.14. The summed E-state index contributed by atoms with van der Waals surface area (Å²) < 4.78 is 53.5. The molecule has 0 saturated carbocycles. The molecular weight excluding hydrogens is 376 g/mol. The summed E-state index contributed by atoms with van der Waals surface area (Å²) in [6, 6.07) is 9.81. The number of amides is 1. The van der Waals surface area contributed by atoms with Gasteiger partial charge in [0.15, 0.2) is 0 Å². The zero-order valence-corrected chi connectivity index (χ0v) is 13.7. The van der Waals surface area contributed by atoms with Crippen molar-refractivity contribution in [3.63, 3.8) is 0 Å². The van der Waals surface area contributed by atoms with Crippen molar-refractivity contribution in [3.05, 3.63) is 70.5 Å². The van der Waals surface area contributed by atoms with Crippen molar-refractivity contribution in [1.82, 2.24) is 5.01 Å². The van der Waals surface area contributed by atoms with Crippen LogP contribution in [-0.2, 0) is 0 Å². The number of hydrogen-bond acceptors (Lipinski definition) is 3. The Morgan fingerprint density at radius 3 is 2.42 bits per heavy atom. The second-order valence-corrected chi connectivity index (χ2v) is 6.11. The number of carbonyl (C=O) groups excluding carboxylic acids is 1. The molecule has 136 valence electrons. The van der Waals surface area contributed by atoms with Gasteiger partial charge in [0, 0.05) is 10.6 Å². The van der Waals surface area contributed by atoms with Crippen LogP contribution in [-0.4, -0.2) is 33.6 Å². The van der Waals surface area contributed by atoms with Crippen LogP contribution in [0.25, 0.3) is 0 Å². The van der Waals surface area contributed by atoms with Gasteiger partial charge < -0.3 is 5.11 Å². The van der Waals surface area contributed by atoms with Crippen LogP contribution in [0.2, 0.25) is 5.02 Å². The minimum Gasteiger partial charge on any atom is -0.362 e. The van der Waals surface area contributed by atoms with E-state index in [1.54, 1.807) is 0 Å². The second-order valence-electron chi connectivity index (χ2n) is 5.67. The second kappa shape index (κ2) is 6.37. The Hall–Kier alpha value is -2.45. The van der Waals surface area contributed by atoms with E-state index < -0.39 is 30.0 Å². The molecule has 3 rings (SSSR count). The monoisotopic (exact) mass is 386 g/mol. The highest BCUT2D eigenvalue weighted by atomic mass is 35.5. The smallest absolute Gasteiger partial charge is 0.362 e. The number of alkyl halides is 3. The molecular formula is C17H11ClF4N2O2. The zero-order chi connectivity index (χ0) is 19.1. The van der Waals surface area contributed by atoms with Gasteiger partial charge >= 0.3 is 6.18 Å². The molecule has 1 heterocycles. The molecule has 0 unspecified atom stereocenters. The highest BCUT2D eigenvalue weighted by molar-refractivity contribution is 6.31. The molecule has 0 saturated heterocycles. The fourth-order valence-electron chi connectivity index (χ4n) is 2.53. The first-order chi connectivity index (χ1) is 12.1. The first-order valence-electron chi connectivity index (χ1n) is 7.34. The maximum Gasteiger partial charge on any atom is 0.438 e. The summed E-state index contributed by atoms with van der Waals surface area (Å²) in [7, 11) is 0. The van der Waals surface area contributed by atoms with E-state index in [2.05, 4.69) is 5.10 Å². The third kappa shape index (κ3) is 3.17. The first kappa shape index (κ1) is 18.3. The first-order valence-corrected chi connectivity index (χ1v) is 7.72. The largest absolute Gasteiger partial charge is 0.438 e. The topological polar surface area (TPSA) is 52.9 Å². The Balaban J connectivity index is 2.05. The van der Waals surface area contributed by atoms with Crippen molar-refractivity contribution >= 4 is 23.2 Å². The number of benzene rings is 2. The number of carbonyl (C=O) groups is 1. The van der Waals surface area contributed by atoms with Crippen LogP contribution in [0.1, 0.15) is 22.3 Å². The van der Waals surface area contributed by atoms with Gasteiger partial charge in [-0.1, -0.05) is 29.8 Å². The number of halogens is 5. The van der Waals surface area contributed by atoms with Gasteiger partial charge in [-0.05, 0) is 35.9 Å². The molecule has 26 heavy (non-hydrogen) atoms. The van der Waals surface area contributed by atoms with E-state index in [0.717, 1.165) is 12.1 Å². The van der Waals surface area contributed by atoms with Gasteiger partial charge in [0.05, 0.1) is 12.1 Å². The summed E-state index contributed by atoms with van der Waals surface area (Å²) in [5, 5.41) is 14.1. The third-order valence-corrected chi connectivity index (χ3v) is 4.12. The van der Waals surface area contributed by atoms with Gasteiger partial charge in [-0.15, -0.1) is 0 Å². The van der Waals surface area contributed by atoms with E-state index in [-0.39, 0.29) is 26.9 Å². The summed E-state index contributed by atoms with van der Waals surface area (Å²) >= 11 is 5.77. The molecule has 0 radical (unpaired) electrons. The average Bonchev–Trinajstić information content (AvgIpc) is 2.94. The van der Waals surface area contributed by atoms with Crippen LogP contribution < -0.4 is 0 Å². The predicted octanol–water partition coefficient (Wildman–Crippen LogP) is 3.98. The number of hydrogen-bond donors (Lipinski definition) is 1. The van der Waals surface area contributed by atoms with Gasteiger partial charge in [0.2, 0.25) is 0 Å². The highest BCUT2D eigenvalue weighted by Gasteiger charge is 2.63. The Morgan fingerprint density at radius 1 is 1.19 bits per heavy atom. The predicted molar refractivity (Wildman–Crippen MR) is 86.2 cm³/mol. The number of aliphatic hydroxyl groups is 1. The molecule has 1 aliphatic heterocycles. The van der Waals surface area contributed by atoms with E-state index in [1.807, 2.05) is 0 Å². The van der Waals surface area contributed by atoms with Gasteiger partial charge in [-0.3, -0.25) is 4.79 Å². The number of rotatable bonds is 2. The van der Waals surface area contributed by atoms with Crippen LogP contribution in [0.5, 0.6) is 0 Å². The molecule has 0 bridgehead atoms. The van der Waals surface area contributed by atoms with Gasteiger partial charge in [0.25, 0.3) is 11.6 Å². The summed E-state index contributed by atoms with van der Waals surface area (Å²) in [5.74, 6) is -1.74. The van der Waals surface area contributed by atoms with E-state index >= 15 is 0 Å². The lowest BCUT2D eigenvalue weighted by Crippen LogP contribution is -2.56. The fourth-order valence-corrected chi connectivity index (χ4v) is 2.72. The van der Waals surface area contributed by atoms with Gasteiger partial charge in [-0.25, -0.2) is 4.39 Å². The third-order valence-electron chi connectivity index (χ3n) is 3.88. The Labute approximate surface area is 150 Å². The summed E-state index contributed by atoms with van der Waals surface area (Å²) in [4.78, 5) is 12.5. The van der Waals surface area contributed by atoms with Gasteiger partial charge in [0.1, 0.15) is 5.82 Å². The molecule has 0 spiro atoms.